The number of halogens is 2. The average molecular weight is 493 g/mol. The van der Waals surface area contributed by atoms with E-state index in [1.54, 1.807) is 23.1 Å². The quantitative estimate of drug-likeness (QED) is 0.449. The lowest BCUT2D eigenvalue weighted by atomic mass is 10.0. The van der Waals surface area contributed by atoms with E-state index in [9.17, 15) is 9.18 Å². The highest BCUT2D eigenvalue weighted by Crippen LogP contribution is 2.29. The van der Waals surface area contributed by atoms with Crippen molar-refractivity contribution >= 4 is 17.3 Å². The van der Waals surface area contributed by atoms with Gasteiger partial charge in [-0.3, -0.25) is 4.79 Å². The molecule has 0 spiro atoms. The molecule has 0 aromatic heterocycles. The van der Waals surface area contributed by atoms with Gasteiger partial charge < -0.3 is 19.6 Å². The first-order chi connectivity index (χ1) is 17.2. The zero-order valence-electron chi connectivity index (χ0n) is 21.4. The van der Waals surface area contributed by atoms with Crippen molar-refractivity contribution < 1.29 is 13.6 Å². The van der Waals surface area contributed by atoms with E-state index in [0.29, 0.717) is 25.3 Å². The van der Waals surface area contributed by atoms with Gasteiger partial charge in [0.25, 0.3) is 0 Å². The van der Waals surface area contributed by atoms with Crippen molar-refractivity contribution in [1.82, 2.24) is 9.80 Å². The third kappa shape index (κ3) is 6.02. The van der Waals surface area contributed by atoms with Gasteiger partial charge in [-0.2, -0.15) is 0 Å². The summed E-state index contributed by atoms with van der Waals surface area (Å²) in [6.45, 7) is 2.35. The minimum Gasteiger partial charge on any atom is -0.370 e. The second kappa shape index (κ2) is 11.1. The molecule has 4 rings (SSSR count). The molecule has 1 amide bonds. The maximum absolute atomic E-state index is 15.1. The van der Waals surface area contributed by atoms with Crippen molar-refractivity contribution in [3.05, 3.63) is 83.9 Å². The molecular weight excluding hydrogens is 458 g/mol. The van der Waals surface area contributed by atoms with Gasteiger partial charge in [0.1, 0.15) is 11.6 Å². The zero-order valence-corrected chi connectivity index (χ0v) is 21.4. The highest BCUT2D eigenvalue weighted by atomic mass is 19.1. The van der Waals surface area contributed by atoms with Crippen molar-refractivity contribution in [2.75, 3.05) is 57.6 Å². The van der Waals surface area contributed by atoms with Crippen molar-refractivity contribution in [3.8, 4) is 11.1 Å². The minimum atomic E-state index is -0.256. The summed E-state index contributed by atoms with van der Waals surface area (Å²) < 4.78 is 28.3. The van der Waals surface area contributed by atoms with Crippen molar-refractivity contribution in [2.45, 2.75) is 19.0 Å². The second-order valence-electron chi connectivity index (χ2n) is 9.83. The highest BCUT2D eigenvalue weighted by Gasteiger charge is 2.29. The predicted molar refractivity (Wildman–Crippen MR) is 142 cm³/mol. The van der Waals surface area contributed by atoms with Gasteiger partial charge >= 0.3 is 0 Å². The number of rotatable bonds is 8. The summed E-state index contributed by atoms with van der Waals surface area (Å²) in [6, 6.07) is 20.0. The highest BCUT2D eigenvalue weighted by molar-refractivity contribution is 5.78. The molecule has 1 aliphatic rings. The summed E-state index contributed by atoms with van der Waals surface area (Å²) in [7, 11) is 7.54. The number of hydrogen-bond donors (Lipinski definition) is 0. The summed E-state index contributed by atoms with van der Waals surface area (Å²) in [4.78, 5) is 20.1. The van der Waals surface area contributed by atoms with E-state index in [1.165, 1.54) is 12.1 Å². The number of benzene rings is 3. The molecule has 1 atom stereocenters. The van der Waals surface area contributed by atoms with Crippen LogP contribution in [0.3, 0.4) is 0 Å². The Kier molecular flexibility index (Phi) is 7.89. The van der Waals surface area contributed by atoms with Gasteiger partial charge in [0.15, 0.2) is 0 Å². The molecule has 0 bridgehead atoms. The molecule has 5 nitrogen and oxygen atoms in total. The van der Waals surface area contributed by atoms with Gasteiger partial charge in [0.05, 0.1) is 18.3 Å². The molecule has 1 fully saturated rings. The number of likely N-dealkylation sites (N-methyl/N-ethyl adjacent to an activating group) is 2. The zero-order chi connectivity index (χ0) is 25.8. The van der Waals surface area contributed by atoms with Crippen molar-refractivity contribution in [2.24, 2.45) is 0 Å². The van der Waals surface area contributed by atoms with Gasteiger partial charge in [0.2, 0.25) is 5.91 Å². The predicted octanol–water partition coefficient (Wildman–Crippen LogP) is 4.87. The molecule has 0 saturated carbocycles. The average Bonchev–Trinajstić information content (AvgIpc) is 3.34. The molecule has 1 heterocycles. The lowest BCUT2D eigenvalue weighted by molar-refractivity contribution is -0.132. The van der Waals surface area contributed by atoms with E-state index in [2.05, 4.69) is 0 Å². The largest absolute Gasteiger partial charge is 0.370 e. The summed E-state index contributed by atoms with van der Waals surface area (Å²) in [6.07, 6.45) is 0.824. The number of carbonyl (C=O) groups is 1. The second-order valence-corrected chi connectivity index (χ2v) is 9.83. The molecule has 0 radical (unpaired) electrons. The van der Waals surface area contributed by atoms with E-state index in [4.69, 9.17) is 0 Å². The van der Waals surface area contributed by atoms with E-state index in [-0.39, 0.29) is 23.6 Å². The standard InChI is InChI=1S/C29H34F2N4O/c1-32(2)20-29(36)34(4)26-15-16-35(19-26)28-14-13-25(17-27(28)31)33(3)18-21-5-7-22(8-6-21)23-9-11-24(30)12-10-23/h5-14,17,26H,15-16,18-20H2,1-4H3/t26-/m0/s1. The Balaban J connectivity index is 1.37. The fourth-order valence-electron chi connectivity index (χ4n) is 4.66. The van der Waals surface area contributed by atoms with Crippen LogP contribution in [0, 0.1) is 11.6 Å². The van der Waals surface area contributed by atoms with Crippen LogP contribution >= 0.6 is 0 Å². The van der Waals surface area contributed by atoms with Crippen LogP contribution in [0.2, 0.25) is 0 Å². The van der Waals surface area contributed by atoms with Crippen molar-refractivity contribution in [1.29, 1.82) is 0 Å². The van der Waals surface area contributed by atoms with Gasteiger partial charge in [-0.1, -0.05) is 36.4 Å². The SMILES string of the molecule is CN(C)CC(=O)N(C)[C@H]1CCN(c2ccc(N(C)Cc3ccc(-c4ccc(F)cc4)cc3)cc2F)C1. The first kappa shape index (κ1) is 25.6. The Morgan fingerprint density at radius 3 is 2.17 bits per heavy atom. The molecule has 3 aromatic rings. The number of anilines is 2. The lowest BCUT2D eigenvalue weighted by Crippen LogP contribution is -2.43. The van der Waals surface area contributed by atoms with E-state index >= 15 is 4.39 Å². The monoisotopic (exact) mass is 492 g/mol. The molecule has 0 unspecified atom stereocenters. The summed E-state index contributed by atoms with van der Waals surface area (Å²) in [5.41, 5.74) is 4.46. The summed E-state index contributed by atoms with van der Waals surface area (Å²) in [5, 5.41) is 0. The fourth-order valence-corrected chi connectivity index (χ4v) is 4.66. The summed E-state index contributed by atoms with van der Waals surface area (Å²) >= 11 is 0. The molecule has 3 aromatic carbocycles. The maximum Gasteiger partial charge on any atom is 0.236 e. The number of nitrogens with zero attached hydrogens (tertiary/aromatic N) is 4. The topological polar surface area (TPSA) is 30.0 Å². The Labute approximate surface area is 212 Å². The van der Waals surface area contributed by atoms with Gasteiger partial charge in [-0.25, -0.2) is 8.78 Å². The van der Waals surface area contributed by atoms with Crippen LogP contribution in [0.5, 0.6) is 0 Å². The smallest absolute Gasteiger partial charge is 0.236 e. The Bertz CT molecular complexity index is 1180. The molecule has 0 N–H and O–H groups in total. The molecule has 190 valence electrons. The normalized spacial score (nSPS) is 15.4. The Morgan fingerprint density at radius 1 is 0.917 bits per heavy atom. The van der Waals surface area contributed by atoms with Crippen LogP contribution < -0.4 is 9.80 Å². The van der Waals surface area contributed by atoms with Crippen molar-refractivity contribution in [3.63, 3.8) is 0 Å². The molecular formula is C29H34F2N4O. The summed E-state index contributed by atoms with van der Waals surface area (Å²) in [5.74, 6) is -0.425. The van der Waals surface area contributed by atoms with E-state index < -0.39 is 0 Å². The van der Waals surface area contributed by atoms with Crippen LogP contribution in [0.25, 0.3) is 11.1 Å². The third-order valence-corrected chi connectivity index (χ3v) is 6.82. The maximum atomic E-state index is 15.1. The van der Waals surface area contributed by atoms with Gasteiger partial charge in [-0.05, 0) is 67.5 Å². The van der Waals surface area contributed by atoms with Crippen LogP contribution in [-0.2, 0) is 11.3 Å². The van der Waals surface area contributed by atoms with Crippen LogP contribution in [0.4, 0.5) is 20.2 Å². The van der Waals surface area contributed by atoms with E-state index in [1.807, 2.05) is 79.3 Å². The fraction of sp³-hybridized carbons (Fsp3) is 0.345. The third-order valence-electron chi connectivity index (χ3n) is 6.82. The molecule has 7 heteroatoms. The molecule has 0 aliphatic carbocycles. The Morgan fingerprint density at radius 2 is 1.56 bits per heavy atom. The van der Waals surface area contributed by atoms with E-state index in [0.717, 1.165) is 35.3 Å². The minimum absolute atomic E-state index is 0.0787. The van der Waals surface area contributed by atoms with Crippen LogP contribution in [0.15, 0.2) is 66.7 Å². The van der Waals surface area contributed by atoms with Gasteiger partial charge in [-0.15, -0.1) is 0 Å². The first-order valence-electron chi connectivity index (χ1n) is 12.2. The molecule has 1 saturated heterocycles. The molecule has 36 heavy (non-hydrogen) atoms. The van der Waals surface area contributed by atoms with Gasteiger partial charge in [0, 0.05) is 39.4 Å². The molecule has 1 aliphatic heterocycles. The number of carbonyl (C=O) groups excluding carboxylic acids is 1. The number of amides is 1. The number of hydrogen-bond acceptors (Lipinski definition) is 4. The Hall–Kier alpha value is -3.45. The van der Waals surface area contributed by atoms with Crippen LogP contribution in [-0.4, -0.2) is 69.6 Å². The first-order valence-corrected chi connectivity index (χ1v) is 12.2. The van der Waals surface area contributed by atoms with Crippen LogP contribution in [0.1, 0.15) is 12.0 Å². The lowest BCUT2D eigenvalue weighted by Gasteiger charge is -2.27.